The molecule has 0 saturated heterocycles. The minimum Gasteiger partial charge on any atom is -0.301 e. The number of nitrogens with zero attached hydrogens (tertiary/aromatic N) is 5. The van der Waals surface area contributed by atoms with Crippen molar-refractivity contribution in [3.05, 3.63) is 78.4 Å². The van der Waals surface area contributed by atoms with E-state index >= 15 is 0 Å². The predicted octanol–water partition coefficient (Wildman–Crippen LogP) is 5.12. The van der Waals surface area contributed by atoms with Gasteiger partial charge in [-0.15, -0.1) is 10.2 Å². The molecule has 0 atom stereocenters. The molecule has 0 fully saturated rings. The average Bonchev–Trinajstić information content (AvgIpc) is 3.42. The van der Waals surface area contributed by atoms with Crippen LogP contribution in [0.4, 0.5) is 9.52 Å². The van der Waals surface area contributed by atoms with Crippen molar-refractivity contribution in [2.24, 2.45) is 0 Å². The summed E-state index contributed by atoms with van der Waals surface area (Å²) in [6.07, 6.45) is 3.33. The monoisotopic (exact) mass is 476 g/mol. The summed E-state index contributed by atoms with van der Waals surface area (Å²) in [7, 11) is 0. The largest absolute Gasteiger partial charge is 0.301 e. The lowest BCUT2D eigenvalue weighted by Crippen LogP contribution is -2.14. The summed E-state index contributed by atoms with van der Waals surface area (Å²) >= 11 is 2.68. The van der Waals surface area contributed by atoms with E-state index in [9.17, 15) is 9.18 Å². The van der Waals surface area contributed by atoms with Gasteiger partial charge in [0, 0.05) is 23.6 Å². The number of aromatic nitrogens is 5. The molecule has 7 nitrogen and oxygen atoms in total. The number of anilines is 1. The standard InChI is InChI=1S/C23H17FN6OS2/c1-14-2-7-18-19(12-14)33-22(26-18)27-20(31)13-32-23-29-28-21(15-8-10-25-11-9-15)30(23)17-5-3-16(24)4-6-17/h2-12H,13H2,1H3,(H,26,27,31). The van der Waals surface area contributed by atoms with Crippen molar-refractivity contribution in [1.29, 1.82) is 0 Å². The van der Waals surface area contributed by atoms with Crippen molar-refractivity contribution >= 4 is 44.4 Å². The van der Waals surface area contributed by atoms with E-state index in [0.29, 0.717) is 21.8 Å². The van der Waals surface area contributed by atoms with Crippen molar-refractivity contribution in [2.45, 2.75) is 12.1 Å². The van der Waals surface area contributed by atoms with Crippen LogP contribution in [-0.2, 0) is 4.79 Å². The smallest absolute Gasteiger partial charge is 0.236 e. The zero-order chi connectivity index (χ0) is 22.8. The molecule has 1 N–H and O–H groups in total. The van der Waals surface area contributed by atoms with Crippen molar-refractivity contribution in [3.8, 4) is 17.1 Å². The van der Waals surface area contributed by atoms with Gasteiger partial charge < -0.3 is 5.32 Å². The van der Waals surface area contributed by atoms with Crippen molar-refractivity contribution < 1.29 is 9.18 Å². The third-order valence-corrected chi connectivity index (χ3v) is 6.64. The van der Waals surface area contributed by atoms with Crippen LogP contribution in [0.15, 0.2) is 72.1 Å². The second-order valence-corrected chi connectivity index (χ2v) is 9.15. The van der Waals surface area contributed by atoms with Gasteiger partial charge in [0.15, 0.2) is 16.1 Å². The van der Waals surface area contributed by atoms with Crippen LogP contribution in [0, 0.1) is 12.7 Å². The van der Waals surface area contributed by atoms with E-state index in [0.717, 1.165) is 21.3 Å². The Morgan fingerprint density at radius 3 is 2.67 bits per heavy atom. The zero-order valence-corrected chi connectivity index (χ0v) is 19.0. The Bertz CT molecular complexity index is 1430. The molecule has 0 aliphatic carbocycles. The molecule has 2 aromatic carbocycles. The normalized spacial score (nSPS) is 11.1. The zero-order valence-electron chi connectivity index (χ0n) is 17.4. The summed E-state index contributed by atoms with van der Waals surface area (Å²) in [5, 5.41) is 12.5. The van der Waals surface area contributed by atoms with Gasteiger partial charge in [-0.3, -0.25) is 14.3 Å². The molecule has 3 aromatic heterocycles. The molecule has 5 rings (SSSR count). The van der Waals surface area contributed by atoms with E-state index in [2.05, 4.69) is 25.5 Å². The Labute approximate surface area is 196 Å². The van der Waals surface area contributed by atoms with E-state index < -0.39 is 0 Å². The highest BCUT2D eigenvalue weighted by atomic mass is 32.2. The highest BCUT2D eigenvalue weighted by molar-refractivity contribution is 7.99. The molecule has 33 heavy (non-hydrogen) atoms. The average molecular weight is 477 g/mol. The Morgan fingerprint density at radius 2 is 1.88 bits per heavy atom. The molecule has 0 saturated carbocycles. The number of benzene rings is 2. The van der Waals surface area contributed by atoms with Crippen molar-refractivity contribution in [2.75, 3.05) is 11.1 Å². The van der Waals surface area contributed by atoms with Crippen LogP contribution in [0.3, 0.4) is 0 Å². The summed E-state index contributed by atoms with van der Waals surface area (Å²) in [5.74, 6) is 0.158. The number of carbonyl (C=O) groups excluding carboxylic acids is 1. The third kappa shape index (κ3) is 4.62. The number of nitrogens with one attached hydrogen (secondary N) is 1. The van der Waals surface area contributed by atoms with Crippen LogP contribution >= 0.6 is 23.1 Å². The number of hydrogen-bond acceptors (Lipinski definition) is 7. The van der Waals surface area contributed by atoms with E-state index in [4.69, 9.17) is 0 Å². The van der Waals surface area contributed by atoms with Crippen LogP contribution in [0.25, 0.3) is 27.3 Å². The van der Waals surface area contributed by atoms with Crippen LogP contribution < -0.4 is 5.32 Å². The van der Waals surface area contributed by atoms with Gasteiger partial charge in [-0.1, -0.05) is 29.2 Å². The molecule has 0 unspecified atom stereocenters. The number of hydrogen-bond donors (Lipinski definition) is 1. The Balaban J connectivity index is 1.38. The van der Waals surface area contributed by atoms with Gasteiger partial charge in [0.25, 0.3) is 0 Å². The predicted molar refractivity (Wildman–Crippen MR) is 128 cm³/mol. The fourth-order valence-corrected chi connectivity index (χ4v) is 4.98. The minimum absolute atomic E-state index is 0.116. The molecule has 0 bridgehead atoms. The highest BCUT2D eigenvalue weighted by Crippen LogP contribution is 2.29. The van der Waals surface area contributed by atoms with Gasteiger partial charge in [-0.25, -0.2) is 9.37 Å². The van der Waals surface area contributed by atoms with Gasteiger partial charge in [-0.05, 0) is 61.0 Å². The van der Waals surface area contributed by atoms with Crippen molar-refractivity contribution in [1.82, 2.24) is 24.7 Å². The van der Waals surface area contributed by atoms with Gasteiger partial charge in [0.1, 0.15) is 5.82 Å². The first-order valence-electron chi connectivity index (χ1n) is 9.98. The first kappa shape index (κ1) is 21.2. The molecule has 0 radical (unpaired) electrons. The minimum atomic E-state index is -0.336. The third-order valence-electron chi connectivity index (χ3n) is 4.78. The van der Waals surface area contributed by atoms with Gasteiger partial charge in [-0.2, -0.15) is 0 Å². The summed E-state index contributed by atoms with van der Waals surface area (Å²) in [6.45, 7) is 2.02. The maximum Gasteiger partial charge on any atom is 0.236 e. The van der Waals surface area contributed by atoms with Crippen molar-refractivity contribution in [3.63, 3.8) is 0 Å². The Morgan fingerprint density at radius 1 is 1.09 bits per heavy atom. The number of rotatable bonds is 6. The molecule has 0 aliphatic heterocycles. The van der Waals surface area contributed by atoms with Gasteiger partial charge in [0.2, 0.25) is 5.91 Å². The topological polar surface area (TPSA) is 85.6 Å². The van der Waals surface area contributed by atoms with Gasteiger partial charge >= 0.3 is 0 Å². The lowest BCUT2D eigenvalue weighted by molar-refractivity contribution is -0.113. The highest BCUT2D eigenvalue weighted by Gasteiger charge is 2.18. The fourth-order valence-electron chi connectivity index (χ4n) is 3.25. The Kier molecular flexibility index (Phi) is 5.84. The molecule has 0 spiro atoms. The summed E-state index contributed by atoms with van der Waals surface area (Å²) in [4.78, 5) is 21.1. The van der Waals surface area contributed by atoms with Gasteiger partial charge in [0.05, 0.1) is 16.0 Å². The van der Waals surface area contributed by atoms with E-state index in [1.807, 2.05) is 37.3 Å². The van der Waals surface area contributed by atoms with Crippen LogP contribution in [-0.4, -0.2) is 36.4 Å². The molecule has 164 valence electrons. The number of fused-ring (bicyclic) bond motifs is 1. The number of thiazole rings is 1. The summed E-state index contributed by atoms with van der Waals surface area (Å²) in [6, 6.07) is 15.7. The lowest BCUT2D eigenvalue weighted by Gasteiger charge is -2.10. The lowest BCUT2D eigenvalue weighted by atomic mass is 10.2. The number of carbonyl (C=O) groups is 1. The Hall–Kier alpha value is -3.63. The first-order valence-corrected chi connectivity index (χ1v) is 11.8. The maximum absolute atomic E-state index is 13.5. The molecule has 0 aliphatic rings. The fraction of sp³-hybridized carbons (Fsp3) is 0.0870. The number of halogens is 1. The molecular weight excluding hydrogens is 459 g/mol. The maximum atomic E-state index is 13.5. The second kappa shape index (κ2) is 9.08. The number of pyridine rings is 1. The molecular formula is C23H17FN6OS2. The summed E-state index contributed by atoms with van der Waals surface area (Å²) in [5.41, 5.74) is 3.50. The van der Waals surface area contributed by atoms with E-state index in [1.165, 1.54) is 35.2 Å². The molecule has 1 amide bonds. The molecule has 10 heteroatoms. The number of amides is 1. The second-order valence-electron chi connectivity index (χ2n) is 7.18. The number of thioether (sulfide) groups is 1. The number of aryl methyl sites for hydroxylation is 1. The van der Waals surface area contributed by atoms with Crippen LogP contribution in [0.1, 0.15) is 5.56 Å². The quantitative estimate of drug-likeness (QED) is 0.343. The van der Waals surface area contributed by atoms with Crippen LogP contribution in [0.2, 0.25) is 0 Å². The molecule has 3 heterocycles. The van der Waals surface area contributed by atoms with Crippen LogP contribution in [0.5, 0.6) is 0 Å². The summed E-state index contributed by atoms with van der Waals surface area (Å²) < 4.78 is 16.3. The van der Waals surface area contributed by atoms with E-state index in [1.54, 1.807) is 29.1 Å². The van der Waals surface area contributed by atoms with E-state index in [-0.39, 0.29) is 17.5 Å². The first-order chi connectivity index (χ1) is 16.1. The SMILES string of the molecule is Cc1ccc2nc(NC(=O)CSc3nnc(-c4ccncc4)n3-c3ccc(F)cc3)sc2c1. The molecule has 5 aromatic rings.